The Labute approximate surface area is 189 Å². The van der Waals surface area contributed by atoms with Crippen LogP contribution in [-0.2, 0) is 9.63 Å². The van der Waals surface area contributed by atoms with Gasteiger partial charge >= 0.3 is 6.18 Å². The number of nitrogens with one attached hydrogen (secondary N) is 3. The number of hydrogen-bond donors (Lipinski definition) is 3. The van der Waals surface area contributed by atoms with Gasteiger partial charge in [-0.2, -0.15) is 22.8 Å². The lowest BCUT2D eigenvalue weighted by Crippen LogP contribution is -2.31. The number of aromatic nitrogens is 4. The molecular formula is C20H17F3N8O3. The summed E-state index contributed by atoms with van der Waals surface area (Å²) in [5.74, 6) is 1.57. The van der Waals surface area contributed by atoms with Gasteiger partial charge in [0.2, 0.25) is 0 Å². The summed E-state index contributed by atoms with van der Waals surface area (Å²) in [7, 11) is 1.61. The number of amides is 1. The van der Waals surface area contributed by atoms with E-state index < -0.39 is 18.7 Å². The van der Waals surface area contributed by atoms with Crippen LogP contribution >= 0.6 is 0 Å². The molecule has 3 aromatic rings. The van der Waals surface area contributed by atoms with Gasteiger partial charge in [-0.3, -0.25) is 14.3 Å². The van der Waals surface area contributed by atoms with E-state index in [4.69, 9.17) is 0 Å². The molecule has 0 saturated heterocycles. The lowest BCUT2D eigenvalue weighted by atomic mass is 10.2. The van der Waals surface area contributed by atoms with Crippen LogP contribution in [0.15, 0.2) is 66.5 Å². The summed E-state index contributed by atoms with van der Waals surface area (Å²) in [5.41, 5.74) is 2.17. The van der Waals surface area contributed by atoms with Crippen molar-refractivity contribution >= 4 is 29.1 Å². The van der Waals surface area contributed by atoms with Crippen LogP contribution in [0.4, 0.5) is 24.8 Å². The zero-order valence-corrected chi connectivity index (χ0v) is 17.5. The Morgan fingerprint density at radius 3 is 2.71 bits per heavy atom. The molecule has 0 fully saturated rings. The number of alkyl halides is 3. The fourth-order valence-corrected chi connectivity index (χ4v) is 3.10. The van der Waals surface area contributed by atoms with E-state index in [2.05, 4.69) is 25.6 Å². The molecule has 4 heterocycles. The second-order valence-corrected chi connectivity index (χ2v) is 6.81. The van der Waals surface area contributed by atoms with Crippen LogP contribution in [0.1, 0.15) is 10.4 Å². The van der Waals surface area contributed by atoms with Crippen molar-refractivity contribution in [1.29, 1.82) is 0 Å². The lowest BCUT2D eigenvalue weighted by molar-refractivity contribution is -0.184. The minimum Gasteiger partial charge on any atom is -0.373 e. The predicted octanol–water partition coefficient (Wildman–Crippen LogP) is 1.97. The number of carbonyl (C=O) groups is 1. The van der Waals surface area contributed by atoms with Crippen LogP contribution in [0.2, 0.25) is 0 Å². The first-order valence-corrected chi connectivity index (χ1v) is 9.69. The highest BCUT2D eigenvalue weighted by atomic mass is 19.4. The van der Waals surface area contributed by atoms with Crippen LogP contribution in [0.3, 0.4) is 0 Å². The fraction of sp³-hybridized carbons (Fsp3) is 0.150. The molecule has 0 spiro atoms. The van der Waals surface area contributed by atoms with Crippen LogP contribution < -0.4 is 21.1 Å². The number of hydroxylamine groups is 1. The van der Waals surface area contributed by atoms with E-state index in [-0.39, 0.29) is 22.7 Å². The maximum atomic E-state index is 12.4. The largest absolute Gasteiger partial charge is 0.414 e. The number of carbonyl (C=O) groups excluding carboxylic acids is 2. The Bertz CT molecular complexity index is 1320. The summed E-state index contributed by atoms with van der Waals surface area (Å²) in [6.07, 6.45) is 5.03. The van der Waals surface area contributed by atoms with Crippen molar-refractivity contribution in [3.05, 3.63) is 72.1 Å². The molecule has 0 atom stereocenters. The van der Waals surface area contributed by atoms with E-state index >= 15 is 0 Å². The van der Waals surface area contributed by atoms with Crippen molar-refractivity contribution < 1.29 is 27.6 Å². The molecule has 3 N–H and O–H groups in total. The van der Waals surface area contributed by atoms with Crippen molar-refractivity contribution in [3.8, 4) is 0 Å². The molecule has 14 heteroatoms. The Kier molecular flexibility index (Phi) is 6.08. The third-order valence-corrected chi connectivity index (χ3v) is 4.54. The molecule has 11 nitrogen and oxygen atoms in total. The zero-order valence-electron chi connectivity index (χ0n) is 17.5. The topological polar surface area (TPSA) is 118 Å². The van der Waals surface area contributed by atoms with Crippen molar-refractivity contribution in [1.82, 2.24) is 24.8 Å². The van der Waals surface area contributed by atoms with E-state index in [9.17, 15) is 22.8 Å². The van der Waals surface area contributed by atoms with Crippen molar-refractivity contribution in [2.75, 3.05) is 29.3 Å². The molecule has 0 aliphatic carbocycles. The maximum Gasteiger partial charge on any atom is 0.414 e. The highest BCUT2D eigenvalue weighted by Gasteiger charge is 2.29. The second kappa shape index (κ2) is 9.13. The van der Waals surface area contributed by atoms with Crippen LogP contribution in [0.25, 0.3) is 5.65 Å². The summed E-state index contributed by atoms with van der Waals surface area (Å²) < 4.78 is 39.8. The summed E-state index contributed by atoms with van der Waals surface area (Å²) in [4.78, 5) is 32.7. The summed E-state index contributed by atoms with van der Waals surface area (Å²) >= 11 is 0. The van der Waals surface area contributed by atoms with Crippen molar-refractivity contribution in [2.45, 2.75) is 6.18 Å². The Morgan fingerprint density at radius 2 is 2.03 bits per heavy atom. The predicted molar refractivity (Wildman–Crippen MR) is 115 cm³/mol. The van der Waals surface area contributed by atoms with Crippen LogP contribution in [0, 0.1) is 0 Å². The number of allylic oxidation sites excluding steroid dienone is 2. The molecule has 0 radical (unpaired) electrons. The molecule has 0 bridgehead atoms. The van der Waals surface area contributed by atoms with Gasteiger partial charge < -0.3 is 10.6 Å². The monoisotopic (exact) mass is 474 g/mol. The van der Waals surface area contributed by atoms with Crippen molar-refractivity contribution in [3.63, 3.8) is 0 Å². The van der Waals surface area contributed by atoms with Gasteiger partial charge in [0.25, 0.3) is 5.91 Å². The molecule has 0 aromatic carbocycles. The number of rotatable bonds is 7. The van der Waals surface area contributed by atoms with E-state index in [1.54, 1.807) is 71.2 Å². The van der Waals surface area contributed by atoms with Gasteiger partial charge in [-0.15, -0.1) is 0 Å². The van der Waals surface area contributed by atoms with Gasteiger partial charge in [0.15, 0.2) is 23.9 Å². The first-order chi connectivity index (χ1) is 16.3. The normalized spacial score (nSPS) is 13.6. The number of nitrogens with zero attached hydrogens (tertiary/aromatic N) is 5. The van der Waals surface area contributed by atoms with Crippen molar-refractivity contribution in [2.24, 2.45) is 0 Å². The number of halogens is 3. The molecule has 176 valence electrons. The minimum absolute atomic E-state index is 0.0355. The van der Waals surface area contributed by atoms with E-state index in [1.165, 1.54) is 4.52 Å². The highest BCUT2D eigenvalue weighted by molar-refractivity contribution is 5.99. The highest BCUT2D eigenvalue weighted by Crippen LogP contribution is 2.24. The van der Waals surface area contributed by atoms with Gasteiger partial charge in [0, 0.05) is 31.7 Å². The molecule has 1 amide bonds. The lowest BCUT2D eigenvalue weighted by Gasteiger charge is -2.26. The van der Waals surface area contributed by atoms with Gasteiger partial charge in [-0.25, -0.2) is 20.3 Å². The SMILES string of the molecule is CNc1cc(NC2=CC=CN(n3cccc3)C2=C=O)nc2c(C(=O)NOCC(F)(F)F)cnn12. The first kappa shape index (κ1) is 22.6. The van der Waals surface area contributed by atoms with E-state index in [1.807, 2.05) is 5.94 Å². The Balaban J connectivity index is 1.62. The van der Waals surface area contributed by atoms with Gasteiger partial charge in [0.1, 0.15) is 17.2 Å². The summed E-state index contributed by atoms with van der Waals surface area (Å²) in [6.45, 7) is -1.65. The minimum atomic E-state index is -4.61. The van der Waals surface area contributed by atoms with E-state index in [0.29, 0.717) is 11.5 Å². The molecular weight excluding hydrogens is 457 g/mol. The number of anilines is 2. The standard InChI is InChI=1S/C20H17F3N8O3/c1-24-17-9-16(26-14-5-4-8-30(15(14)11-32)29-6-2-3-7-29)27-18-13(10-25-31(17)18)19(33)28-34-12-20(21,22)23/h2-10,24H,12H2,1H3,(H,26,27)(H,28,33). The van der Waals surface area contributed by atoms with Crippen LogP contribution in [0.5, 0.6) is 0 Å². The Hall–Kier alpha value is -4.55. The third-order valence-electron chi connectivity index (χ3n) is 4.54. The molecule has 1 aliphatic rings. The smallest absolute Gasteiger partial charge is 0.373 e. The second-order valence-electron chi connectivity index (χ2n) is 6.81. The molecule has 34 heavy (non-hydrogen) atoms. The molecule has 0 unspecified atom stereocenters. The summed E-state index contributed by atoms with van der Waals surface area (Å²) in [6, 6.07) is 5.16. The average Bonchev–Trinajstić information content (AvgIpc) is 3.48. The van der Waals surface area contributed by atoms with Gasteiger partial charge in [0.05, 0.1) is 11.9 Å². The molecule has 3 aromatic heterocycles. The van der Waals surface area contributed by atoms with Gasteiger partial charge in [-0.1, -0.05) is 0 Å². The molecule has 4 rings (SSSR count). The van der Waals surface area contributed by atoms with Crippen LogP contribution in [-0.4, -0.2) is 51.0 Å². The molecule has 1 aliphatic heterocycles. The Morgan fingerprint density at radius 1 is 1.26 bits per heavy atom. The fourth-order valence-electron chi connectivity index (χ4n) is 3.10. The average molecular weight is 474 g/mol. The number of hydrogen-bond acceptors (Lipinski definition) is 8. The number of fused-ring (bicyclic) bond motifs is 1. The van der Waals surface area contributed by atoms with Gasteiger partial charge in [-0.05, 0) is 24.3 Å². The quantitative estimate of drug-likeness (QED) is 0.352. The summed E-state index contributed by atoms with van der Waals surface area (Å²) in [5, 5.41) is 11.5. The third kappa shape index (κ3) is 4.62. The zero-order chi connectivity index (χ0) is 24.3. The van der Waals surface area contributed by atoms with E-state index in [0.717, 1.165) is 6.20 Å². The molecule has 0 saturated carbocycles. The first-order valence-electron chi connectivity index (χ1n) is 9.69. The maximum absolute atomic E-state index is 12.4.